The number of carbonyl (C=O) groups excluding carboxylic acids is 1. The van der Waals surface area contributed by atoms with E-state index in [1.807, 2.05) is 25.7 Å². The van der Waals surface area contributed by atoms with Crippen molar-refractivity contribution in [1.29, 1.82) is 0 Å². The van der Waals surface area contributed by atoms with Crippen molar-refractivity contribution in [2.45, 2.75) is 38.7 Å². The molecule has 6 nitrogen and oxygen atoms in total. The maximum absolute atomic E-state index is 14.6. The summed E-state index contributed by atoms with van der Waals surface area (Å²) in [5.41, 5.74) is 2.26. The predicted octanol–water partition coefficient (Wildman–Crippen LogP) is 3.87. The standard InChI is InChI=1S/C22H26F2N2O4Si/c1-30-12-13-5-6-16-14(9-13)7-8-26(22(28)29)19(16)21(27)25-15-10-17(23)20(18(24)11-15)31(2,3)4/h5-6,9-11,19H,7-8,12H2,1-4H3,(H,25,27)(H,28,29)/t19-/m0/s1. The average molecular weight is 449 g/mol. The van der Waals surface area contributed by atoms with Crippen LogP contribution >= 0.6 is 0 Å². The fourth-order valence-electron chi connectivity index (χ4n) is 4.00. The van der Waals surface area contributed by atoms with E-state index in [1.54, 1.807) is 19.2 Å². The predicted molar refractivity (Wildman–Crippen MR) is 116 cm³/mol. The Morgan fingerprint density at radius 2 is 1.84 bits per heavy atom. The van der Waals surface area contributed by atoms with Crippen molar-refractivity contribution in [1.82, 2.24) is 4.90 Å². The highest BCUT2D eigenvalue weighted by molar-refractivity contribution is 6.88. The lowest BCUT2D eigenvalue weighted by Crippen LogP contribution is -2.45. The first-order valence-corrected chi connectivity index (χ1v) is 13.4. The molecule has 2 N–H and O–H groups in total. The number of halogens is 2. The number of carbonyl (C=O) groups is 2. The molecule has 0 saturated carbocycles. The minimum Gasteiger partial charge on any atom is -0.465 e. The van der Waals surface area contributed by atoms with Crippen LogP contribution in [0.1, 0.15) is 22.7 Å². The van der Waals surface area contributed by atoms with Crippen LogP contribution in [0, 0.1) is 11.6 Å². The average Bonchev–Trinajstić information content (AvgIpc) is 2.65. The lowest BCUT2D eigenvalue weighted by molar-refractivity contribution is -0.121. The number of hydrogen-bond acceptors (Lipinski definition) is 3. The molecule has 31 heavy (non-hydrogen) atoms. The Morgan fingerprint density at radius 3 is 2.39 bits per heavy atom. The molecule has 1 heterocycles. The summed E-state index contributed by atoms with van der Waals surface area (Å²) in [6, 6.07) is 6.42. The number of benzene rings is 2. The summed E-state index contributed by atoms with van der Waals surface area (Å²) in [5.74, 6) is -2.09. The first kappa shape index (κ1) is 22.9. The van der Waals surface area contributed by atoms with Gasteiger partial charge in [-0.25, -0.2) is 13.6 Å². The van der Waals surface area contributed by atoms with Crippen molar-refractivity contribution in [2.75, 3.05) is 19.0 Å². The van der Waals surface area contributed by atoms with Crippen molar-refractivity contribution in [2.24, 2.45) is 0 Å². The van der Waals surface area contributed by atoms with Gasteiger partial charge in [0.25, 0.3) is 5.91 Å². The lowest BCUT2D eigenvalue weighted by atomic mass is 9.90. The van der Waals surface area contributed by atoms with Crippen molar-refractivity contribution in [3.05, 3.63) is 58.7 Å². The monoisotopic (exact) mass is 448 g/mol. The highest BCUT2D eigenvalue weighted by Crippen LogP contribution is 2.32. The first-order chi connectivity index (χ1) is 14.5. The van der Waals surface area contributed by atoms with Crippen LogP contribution < -0.4 is 10.5 Å². The Morgan fingerprint density at radius 1 is 1.19 bits per heavy atom. The lowest BCUT2D eigenvalue weighted by Gasteiger charge is -2.34. The van der Waals surface area contributed by atoms with Crippen molar-refractivity contribution >= 4 is 30.9 Å². The number of fused-ring (bicyclic) bond motifs is 1. The van der Waals surface area contributed by atoms with Gasteiger partial charge in [-0.15, -0.1) is 0 Å². The molecule has 2 aromatic carbocycles. The third kappa shape index (κ3) is 4.77. The fraction of sp³-hybridized carbons (Fsp3) is 0.364. The minimum absolute atomic E-state index is 0.0459. The highest BCUT2D eigenvalue weighted by atomic mass is 28.3. The summed E-state index contributed by atoms with van der Waals surface area (Å²) in [6.07, 6.45) is -0.782. The van der Waals surface area contributed by atoms with Crippen LogP contribution in [0.15, 0.2) is 30.3 Å². The van der Waals surface area contributed by atoms with E-state index in [9.17, 15) is 23.5 Å². The normalized spacial score (nSPS) is 16.1. The maximum atomic E-state index is 14.6. The van der Waals surface area contributed by atoms with Gasteiger partial charge >= 0.3 is 6.09 Å². The molecule has 166 valence electrons. The maximum Gasteiger partial charge on any atom is 0.408 e. The quantitative estimate of drug-likeness (QED) is 0.681. The van der Waals surface area contributed by atoms with E-state index in [2.05, 4.69) is 5.32 Å². The molecule has 9 heteroatoms. The molecule has 0 aliphatic carbocycles. The molecule has 2 aromatic rings. The summed E-state index contributed by atoms with van der Waals surface area (Å²) in [4.78, 5) is 25.9. The van der Waals surface area contributed by atoms with Crippen LogP contribution in [0.3, 0.4) is 0 Å². The van der Waals surface area contributed by atoms with Crippen LogP contribution in [0.2, 0.25) is 19.6 Å². The van der Waals surface area contributed by atoms with E-state index in [0.29, 0.717) is 18.6 Å². The Bertz CT molecular complexity index is 1000. The molecule has 1 aliphatic rings. The zero-order chi connectivity index (χ0) is 22.9. The second-order valence-electron chi connectivity index (χ2n) is 8.65. The van der Waals surface area contributed by atoms with Gasteiger partial charge < -0.3 is 15.2 Å². The minimum atomic E-state index is -2.26. The number of nitrogens with zero attached hydrogens (tertiary/aromatic N) is 1. The Hall–Kier alpha value is -2.78. The molecule has 0 bridgehead atoms. The Kier molecular flexibility index (Phi) is 6.47. The SMILES string of the molecule is COCc1ccc2c(c1)CCN(C(=O)O)[C@@H]2C(=O)Nc1cc(F)c([Si](C)(C)C)c(F)c1. The summed E-state index contributed by atoms with van der Waals surface area (Å²) in [6.45, 7) is 6.01. The number of rotatable bonds is 5. The topological polar surface area (TPSA) is 78.9 Å². The van der Waals surface area contributed by atoms with E-state index in [4.69, 9.17) is 4.74 Å². The smallest absolute Gasteiger partial charge is 0.408 e. The van der Waals surface area contributed by atoms with Crippen LogP contribution in [-0.4, -0.2) is 43.7 Å². The van der Waals surface area contributed by atoms with Crippen LogP contribution in [0.25, 0.3) is 0 Å². The van der Waals surface area contributed by atoms with Gasteiger partial charge in [-0.2, -0.15) is 0 Å². The first-order valence-electron chi connectivity index (χ1n) is 9.93. The summed E-state index contributed by atoms with van der Waals surface area (Å²) in [5, 5.41) is 12.2. The molecule has 0 fully saturated rings. The van der Waals surface area contributed by atoms with Gasteiger partial charge in [-0.1, -0.05) is 37.8 Å². The molecule has 0 unspecified atom stereocenters. The van der Waals surface area contributed by atoms with E-state index in [-0.39, 0.29) is 17.4 Å². The number of methoxy groups -OCH3 is 1. The third-order valence-electron chi connectivity index (χ3n) is 5.30. The molecule has 1 aliphatic heterocycles. The van der Waals surface area contributed by atoms with Gasteiger partial charge in [-0.3, -0.25) is 9.69 Å². The third-order valence-corrected chi connectivity index (χ3v) is 7.28. The van der Waals surface area contributed by atoms with E-state index >= 15 is 0 Å². The number of carboxylic acid groups (broad SMARTS) is 1. The van der Waals surface area contributed by atoms with Gasteiger partial charge in [0.1, 0.15) is 17.7 Å². The molecule has 0 aromatic heterocycles. The van der Waals surface area contributed by atoms with Crippen LogP contribution in [-0.2, 0) is 22.6 Å². The van der Waals surface area contributed by atoms with Crippen LogP contribution in [0.4, 0.5) is 19.3 Å². The van der Waals surface area contributed by atoms with Crippen LogP contribution in [0.5, 0.6) is 0 Å². The van der Waals surface area contributed by atoms with E-state index in [1.165, 1.54) is 0 Å². The number of ether oxygens (including phenoxy) is 1. The molecule has 0 saturated heterocycles. The molecule has 2 amide bonds. The second-order valence-corrected chi connectivity index (χ2v) is 13.6. The van der Waals surface area contributed by atoms with Gasteiger partial charge in [0.15, 0.2) is 0 Å². The van der Waals surface area contributed by atoms with Gasteiger partial charge in [-0.05, 0) is 35.2 Å². The number of anilines is 1. The van der Waals surface area contributed by atoms with Crippen molar-refractivity contribution in [3.8, 4) is 0 Å². The Balaban J connectivity index is 1.95. The molecule has 0 spiro atoms. The molecule has 1 atom stereocenters. The van der Waals surface area contributed by atoms with E-state index < -0.39 is 37.8 Å². The van der Waals surface area contributed by atoms with Gasteiger partial charge in [0.2, 0.25) is 0 Å². The highest BCUT2D eigenvalue weighted by Gasteiger charge is 2.36. The molecular formula is C22H26F2N2O4Si. The largest absolute Gasteiger partial charge is 0.465 e. The summed E-state index contributed by atoms with van der Waals surface area (Å²) >= 11 is 0. The molecular weight excluding hydrogens is 422 g/mol. The van der Waals surface area contributed by atoms with Gasteiger partial charge in [0.05, 0.1) is 14.7 Å². The zero-order valence-electron chi connectivity index (χ0n) is 18.0. The summed E-state index contributed by atoms with van der Waals surface area (Å²) < 4.78 is 34.3. The van der Waals surface area contributed by atoms with Gasteiger partial charge in [0, 0.05) is 24.5 Å². The second kappa shape index (κ2) is 8.76. The number of amides is 2. The van der Waals surface area contributed by atoms with Crippen molar-refractivity contribution < 1.29 is 28.2 Å². The van der Waals surface area contributed by atoms with E-state index in [0.717, 1.165) is 28.2 Å². The zero-order valence-corrected chi connectivity index (χ0v) is 19.0. The molecule has 3 rings (SSSR count). The van der Waals surface area contributed by atoms with Crippen molar-refractivity contribution in [3.63, 3.8) is 0 Å². The number of nitrogens with one attached hydrogen (secondary N) is 1. The number of hydrogen-bond donors (Lipinski definition) is 2. The Labute approximate surface area is 180 Å². The fourth-order valence-corrected chi connectivity index (χ4v) is 5.58. The molecule has 0 radical (unpaired) electrons. The summed E-state index contributed by atoms with van der Waals surface area (Å²) in [7, 11) is -0.685.